The van der Waals surface area contributed by atoms with Crippen LogP contribution in [0.1, 0.15) is 170 Å². The summed E-state index contributed by atoms with van der Waals surface area (Å²) in [5.74, 6) is -11.6. The fourth-order valence-corrected chi connectivity index (χ4v) is 8.39. The van der Waals surface area contributed by atoms with E-state index in [1.165, 1.54) is 32.3 Å². The quantitative estimate of drug-likeness (QED) is 0.0347. The summed E-state index contributed by atoms with van der Waals surface area (Å²) in [5.41, 5.74) is 16.8. The highest BCUT2D eigenvalue weighted by molar-refractivity contribution is 5.98. The Hall–Kier alpha value is -6.74. The van der Waals surface area contributed by atoms with Crippen molar-refractivity contribution in [2.24, 2.45) is 29.0 Å². The van der Waals surface area contributed by atoms with Gasteiger partial charge in [-0.1, -0.05) is 92.4 Å². The fourth-order valence-electron chi connectivity index (χ4n) is 8.39. The Kier molecular flexibility index (Phi) is 34.6. The Morgan fingerprint density at radius 2 is 0.938 bits per heavy atom. The molecule has 1 aromatic rings. The molecule has 1 aromatic heterocycles. The number of amides is 10. The van der Waals surface area contributed by atoms with Gasteiger partial charge in [-0.15, -0.1) is 0 Å². The predicted octanol–water partition coefficient (Wildman–Crippen LogP) is -1.04. The summed E-state index contributed by atoms with van der Waals surface area (Å²) in [7, 11) is 0. The molecule has 0 bridgehead atoms. The number of carbonyl (C=O) groups is 11. The molecule has 0 aliphatic rings. The van der Waals surface area contributed by atoms with E-state index in [-0.39, 0.29) is 45.1 Å². The molecule has 0 saturated heterocycles. The molecule has 18 N–H and O–H groups in total. The molecule has 1 heterocycles. The predicted molar refractivity (Wildman–Crippen MR) is 295 cm³/mol. The lowest BCUT2D eigenvalue weighted by Crippen LogP contribution is -2.63. The standard InChI is InChI=1S/C53H93N13O14/c1-8-10-11-12-13-14-15-16-17-21-41(71)59-36(22-24-39(55)69)46(72)62-38(27-34-28-57-29-58-34)49(75)65-44(32(6)67)51(77)61-37(23-25-40(56)70)48(74)64-43(31(5)9-2)50(76)66-45(33(7)68)52(78)60-35(20-18-19-26-54)47(73)63-42(30(3)4)53(79)80/h28-33,35-38,42-45,67-68H,8-27,54H2,1-7H3,(H2,55,69)(H2,56,70)(H,57,58)(H,59,71)(H,60,78)(H,61,77)(H,62,72)(H,63,73)(H,64,74)(H,65,75)(H,66,76)(H,79,80)/t31?,32?,33?,35-,36-,37+,38+,42?,43?,44?,45?/m0/s1. The van der Waals surface area contributed by atoms with E-state index < -0.39 is 150 Å². The molecule has 0 fully saturated rings. The SMILES string of the molecule is CCCCCCCCCCCC(=O)N[C@@H](CCC(N)=O)C(=O)N[C@H](Cc1cnc[nH]1)C(=O)NC(C(=O)N[C@H](CCC(N)=O)C(=O)NC(C(=O)NC(C(=O)N[C@@H](CCCCN)C(=O)NC(C(=O)O)C(C)C)C(C)O)C(C)CC)C(C)O. The Morgan fingerprint density at radius 1 is 0.512 bits per heavy atom. The largest absolute Gasteiger partial charge is 0.480 e. The van der Waals surface area contributed by atoms with Gasteiger partial charge in [-0.3, -0.25) is 47.9 Å². The molecule has 27 nitrogen and oxygen atoms in total. The number of carboxylic acids is 1. The molecular formula is C53H93N13O14. The van der Waals surface area contributed by atoms with E-state index in [4.69, 9.17) is 17.2 Å². The summed E-state index contributed by atoms with van der Waals surface area (Å²) in [5, 5.41) is 51.2. The number of hydrogen-bond acceptors (Lipinski definition) is 15. The van der Waals surface area contributed by atoms with Gasteiger partial charge in [0.15, 0.2) is 0 Å². The van der Waals surface area contributed by atoms with E-state index in [1.54, 1.807) is 27.7 Å². The Balaban J connectivity index is 3.41. The third-order valence-corrected chi connectivity index (χ3v) is 13.5. The van der Waals surface area contributed by atoms with Crippen LogP contribution < -0.4 is 59.7 Å². The summed E-state index contributed by atoms with van der Waals surface area (Å²) < 4.78 is 0. The Morgan fingerprint density at radius 3 is 1.39 bits per heavy atom. The number of hydrogen-bond donors (Lipinski definition) is 15. The Labute approximate surface area is 469 Å². The first-order valence-corrected chi connectivity index (χ1v) is 28.0. The van der Waals surface area contributed by atoms with Gasteiger partial charge in [-0.2, -0.15) is 0 Å². The zero-order valence-electron chi connectivity index (χ0n) is 47.7. The van der Waals surface area contributed by atoms with Gasteiger partial charge in [-0.25, -0.2) is 9.78 Å². The monoisotopic (exact) mass is 1140 g/mol. The lowest BCUT2D eigenvalue weighted by Gasteiger charge is -2.30. The lowest BCUT2D eigenvalue weighted by molar-refractivity contribution is -0.143. The number of nitrogens with two attached hydrogens (primary N) is 3. The van der Waals surface area contributed by atoms with Crippen molar-refractivity contribution in [2.75, 3.05) is 6.54 Å². The number of carbonyl (C=O) groups excluding carboxylic acids is 10. The van der Waals surface area contributed by atoms with Crippen molar-refractivity contribution in [3.05, 3.63) is 18.2 Å². The molecule has 10 amide bonds. The fraction of sp³-hybridized carbons (Fsp3) is 0.736. The summed E-state index contributed by atoms with van der Waals surface area (Å²) in [6, 6.07) is -12.1. The molecule has 7 unspecified atom stereocenters. The topological polar surface area (TPSA) is 451 Å². The van der Waals surface area contributed by atoms with Gasteiger partial charge in [-0.05, 0) is 70.8 Å². The van der Waals surface area contributed by atoms with Crippen molar-refractivity contribution in [2.45, 2.75) is 231 Å². The van der Waals surface area contributed by atoms with Crippen molar-refractivity contribution < 1.29 is 68.1 Å². The number of H-pyrrole nitrogens is 1. The van der Waals surface area contributed by atoms with Crippen LogP contribution in [-0.4, -0.2) is 157 Å². The zero-order chi connectivity index (χ0) is 60.5. The molecular weight excluding hydrogens is 1040 g/mol. The molecule has 0 spiro atoms. The molecule has 0 aromatic carbocycles. The van der Waals surface area contributed by atoms with Crippen LogP contribution in [0.15, 0.2) is 12.5 Å². The van der Waals surface area contributed by atoms with Crippen molar-refractivity contribution >= 4 is 65.0 Å². The van der Waals surface area contributed by atoms with Crippen LogP contribution in [0.2, 0.25) is 0 Å². The van der Waals surface area contributed by atoms with Gasteiger partial charge in [0.1, 0.15) is 48.3 Å². The molecule has 0 saturated carbocycles. The van der Waals surface area contributed by atoms with Gasteiger partial charge >= 0.3 is 5.97 Å². The molecule has 27 heteroatoms. The number of unbranched alkanes of at least 4 members (excludes halogenated alkanes) is 9. The number of nitrogens with zero attached hydrogens (tertiary/aromatic N) is 1. The molecule has 11 atom stereocenters. The van der Waals surface area contributed by atoms with Crippen molar-refractivity contribution in [3.8, 4) is 0 Å². The first kappa shape index (κ1) is 71.3. The average Bonchev–Trinajstić information content (AvgIpc) is 3.91. The number of aromatic amines is 1. The number of carboxylic acid groups (broad SMARTS) is 1. The maximum atomic E-state index is 14.2. The van der Waals surface area contributed by atoms with Gasteiger partial charge < -0.3 is 80.0 Å². The van der Waals surface area contributed by atoms with Crippen LogP contribution in [0.25, 0.3) is 0 Å². The molecule has 80 heavy (non-hydrogen) atoms. The minimum atomic E-state index is -1.84. The second-order valence-electron chi connectivity index (χ2n) is 20.9. The summed E-state index contributed by atoms with van der Waals surface area (Å²) in [4.78, 5) is 153. The van der Waals surface area contributed by atoms with E-state index in [0.29, 0.717) is 25.0 Å². The maximum Gasteiger partial charge on any atom is 0.326 e. The summed E-state index contributed by atoms with van der Waals surface area (Å²) >= 11 is 0. The number of primary amides is 2. The van der Waals surface area contributed by atoms with Crippen LogP contribution in [0.3, 0.4) is 0 Å². The number of aliphatic carboxylic acids is 1. The van der Waals surface area contributed by atoms with Crippen LogP contribution >= 0.6 is 0 Å². The zero-order valence-corrected chi connectivity index (χ0v) is 47.7. The minimum absolute atomic E-state index is 0.0199. The van der Waals surface area contributed by atoms with E-state index in [2.05, 4.69) is 59.4 Å². The number of aliphatic hydroxyl groups excluding tert-OH is 2. The van der Waals surface area contributed by atoms with Crippen molar-refractivity contribution in [1.82, 2.24) is 52.5 Å². The molecule has 454 valence electrons. The highest BCUT2D eigenvalue weighted by atomic mass is 16.4. The van der Waals surface area contributed by atoms with Gasteiger partial charge in [0, 0.05) is 37.6 Å². The molecule has 0 aliphatic heterocycles. The number of rotatable bonds is 43. The normalized spacial score (nSPS) is 15.4. The first-order valence-electron chi connectivity index (χ1n) is 28.0. The van der Waals surface area contributed by atoms with E-state index in [9.17, 15) is 68.1 Å². The molecule has 1 rings (SSSR count). The molecule has 0 aliphatic carbocycles. The van der Waals surface area contributed by atoms with E-state index in [0.717, 1.165) is 45.4 Å². The smallest absolute Gasteiger partial charge is 0.326 e. The number of aromatic nitrogens is 2. The lowest BCUT2D eigenvalue weighted by atomic mass is 9.96. The van der Waals surface area contributed by atoms with E-state index >= 15 is 0 Å². The maximum absolute atomic E-state index is 14.2. The summed E-state index contributed by atoms with van der Waals surface area (Å²) in [6.07, 6.45) is 8.03. The van der Waals surface area contributed by atoms with Gasteiger partial charge in [0.05, 0.1) is 18.5 Å². The van der Waals surface area contributed by atoms with Crippen LogP contribution in [0.4, 0.5) is 0 Å². The second kappa shape index (κ2) is 38.8. The number of nitrogens with one attached hydrogen (secondary N) is 9. The van der Waals surface area contributed by atoms with Crippen LogP contribution in [-0.2, 0) is 59.2 Å². The van der Waals surface area contributed by atoms with Crippen LogP contribution in [0, 0.1) is 11.8 Å². The summed E-state index contributed by atoms with van der Waals surface area (Å²) in [6.45, 7) is 11.2. The van der Waals surface area contributed by atoms with Crippen molar-refractivity contribution in [1.29, 1.82) is 0 Å². The number of aliphatic hydroxyl groups is 2. The van der Waals surface area contributed by atoms with Crippen molar-refractivity contribution in [3.63, 3.8) is 0 Å². The van der Waals surface area contributed by atoms with Crippen LogP contribution in [0.5, 0.6) is 0 Å². The third-order valence-electron chi connectivity index (χ3n) is 13.5. The number of imidazole rings is 1. The van der Waals surface area contributed by atoms with Gasteiger partial charge in [0.2, 0.25) is 59.1 Å². The second-order valence-corrected chi connectivity index (χ2v) is 20.9. The van der Waals surface area contributed by atoms with Gasteiger partial charge in [0.25, 0.3) is 0 Å². The minimum Gasteiger partial charge on any atom is -0.480 e. The Bertz CT molecular complexity index is 2130. The first-order chi connectivity index (χ1) is 37.8. The third kappa shape index (κ3) is 27.9. The van der Waals surface area contributed by atoms with E-state index in [1.807, 2.05) is 0 Å². The molecule has 0 radical (unpaired) electrons. The average molecular weight is 1140 g/mol. The highest BCUT2D eigenvalue weighted by Gasteiger charge is 2.38. The highest BCUT2D eigenvalue weighted by Crippen LogP contribution is 2.14.